The number of hydrogen-bond donors (Lipinski definition) is 0. The largest absolute Gasteiger partial charge is 0.425 e. The minimum atomic E-state index is 0.270. The fourth-order valence-electron chi connectivity index (χ4n) is 1.35. The van der Waals surface area contributed by atoms with E-state index in [1.807, 2.05) is 38.1 Å². The van der Waals surface area contributed by atoms with E-state index in [0.717, 1.165) is 10.6 Å². The lowest BCUT2D eigenvalue weighted by Gasteiger charge is -1.97. The molecule has 0 aliphatic rings. The summed E-state index contributed by atoms with van der Waals surface area (Å²) in [7, 11) is 0. The topological polar surface area (TPSA) is 38.9 Å². The summed E-state index contributed by atoms with van der Waals surface area (Å²) >= 11 is 5.81. The highest BCUT2D eigenvalue weighted by molar-refractivity contribution is 6.30. The molecule has 0 bridgehead atoms. The van der Waals surface area contributed by atoms with Crippen molar-refractivity contribution in [2.24, 2.45) is 0 Å². The number of halogens is 1. The average Bonchev–Trinajstić information content (AvgIpc) is 2.70. The SMILES string of the molecule is CC(C)c1nnc(Cc2ccc(Cl)cc2)o1. The molecule has 0 spiro atoms. The van der Waals surface area contributed by atoms with Crippen molar-refractivity contribution in [3.05, 3.63) is 46.6 Å². The van der Waals surface area contributed by atoms with Crippen LogP contribution in [-0.2, 0) is 6.42 Å². The zero-order chi connectivity index (χ0) is 11.5. The molecule has 0 atom stereocenters. The first kappa shape index (κ1) is 11.1. The predicted octanol–water partition coefficient (Wildman–Crippen LogP) is 3.44. The first-order valence-electron chi connectivity index (χ1n) is 5.22. The van der Waals surface area contributed by atoms with Crippen LogP contribution in [0.4, 0.5) is 0 Å². The molecule has 1 heterocycles. The Morgan fingerprint density at radius 3 is 2.44 bits per heavy atom. The van der Waals surface area contributed by atoms with Gasteiger partial charge in [0.2, 0.25) is 11.8 Å². The first-order chi connectivity index (χ1) is 7.65. The Morgan fingerprint density at radius 1 is 1.19 bits per heavy atom. The van der Waals surface area contributed by atoms with Gasteiger partial charge in [-0.3, -0.25) is 0 Å². The zero-order valence-corrected chi connectivity index (χ0v) is 10.0. The van der Waals surface area contributed by atoms with Crippen LogP contribution in [0.15, 0.2) is 28.7 Å². The second kappa shape index (κ2) is 4.66. The second-order valence-electron chi connectivity index (χ2n) is 3.99. The second-order valence-corrected chi connectivity index (χ2v) is 4.43. The van der Waals surface area contributed by atoms with Gasteiger partial charge in [0, 0.05) is 10.9 Å². The summed E-state index contributed by atoms with van der Waals surface area (Å²) in [5, 5.41) is 8.73. The van der Waals surface area contributed by atoms with Crippen LogP contribution in [0.5, 0.6) is 0 Å². The van der Waals surface area contributed by atoms with Gasteiger partial charge in [-0.2, -0.15) is 0 Å². The molecule has 0 aliphatic heterocycles. The third-order valence-corrected chi connectivity index (χ3v) is 2.50. The highest BCUT2D eigenvalue weighted by Gasteiger charge is 2.09. The van der Waals surface area contributed by atoms with Crippen LogP contribution in [-0.4, -0.2) is 10.2 Å². The monoisotopic (exact) mass is 236 g/mol. The molecule has 3 nitrogen and oxygen atoms in total. The van der Waals surface area contributed by atoms with Crippen LogP contribution in [0, 0.1) is 0 Å². The highest BCUT2D eigenvalue weighted by atomic mass is 35.5. The third-order valence-electron chi connectivity index (χ3n) is 2.24. The molecule has 16 heavy (non-hydrogen) atoms. The predicted molar refractivity (Wildman–Crippen MR) is 62.6 cm³/mol. The Balaban J connectivity index is 2.11. The molecule has 0 aliphatic carbocycles. The molecule has 0 amide bonds. The first-order valence-corrected chi connectivity index (χ1v) is 5.59. The molecule has 4 heteroatoms. The average molecular weight is 237 g/mol. The van der Waals surface area contributed by atoms with E-state index in [1.165, 1.54) is 0 Å². The van der Waals surface area contributed by atoms with E-state index < -0.39 is 0 Å². The van der Waals surface area contributed by atoms with Crippen LogP contribution < -0.4 is 0 Å². The molecule has 2 rings (SSSR count). The van der Waals surface area contributed by atoms with E-state index in [1.54, 1.807) is 0 Å². The summed E-state index contributed by atoms with van der Waals surface area (Å²) in [6, 6.07) is 7.64. The summed E-state index contributed by atoms with van der Waals surface area (Å²) in [4.78, 5) is 0. The van der Waals surface area contributed by atoms with Crippen LogP contribution in [0.2, 0.25) is 5.02 Å². The maximum absolute atomic E-state index is 5.81. The van der Waals surface area contributed by atoms with Crippen molar-refractivity contribution in [1.29, 1.82) is 0 Å². The van der Waals surface area contributed by atoms with Crippen molar-refractivity contribution < 1.29 is 4.42 Å². The van der Waals surface area contributed by atoms with Crippen LogP contribution in [0.3, 0.4) is 0 Å². The molecule has 84 valence electrons. The maximum Gasteiger partial charge on any atom is 0.220 e. The lowest BCUT2D eigenvalue weighted by atomic mass is 10.1. The van der Waals surface area contributed by atoms with Crippen molar-refractivity contribution in [1.82, 2.24) is 10.2 Å². The van der Waals surface area contributed by atoms with Crippen LogP contribution in [0.25, 0.3) is 0 Å². The molecule has 0 unspecified atom stereocenters. The molecule has 0 radical (unpaired) electrons. The highest BCUT2D eigenvalue weighted by Crippen LogP contribution is 2.16. The quantitative estimate of drug-likeness (QED) is 0.820. The lowest BCUT2D eigenvalue weighted by Crippen LogP contribution is -1.87. The van der Waals surface area contributed by atoms with Gasteiger partial charge in [-0.25, -0.2) is 0 Å². The Morgan fingerprint density at radius 2 is 1.88 bits per heavy atom. The molecule has 1 aromatic heterocycles. The van der Waals surface area contributed by atoms with E-state index in [9.17, 15) is 0 Å². The van der Waals surface area contributed by atoms with Gasteiger partial charge in [-0.1, -0.05) is 37.6 Å². The van der Waals surface area contributed by atoms with E-state index in [2.05, 4.69) is 10.2 Å². The standard InChI is InChI=1S/C12H13ClN2O/c1-8(2)12-15-14-11(16-12)7-9-3-5-10(13)6-4-9/h3-6,8H,7H2,1-2H3. The molecule has 0 fully saturated rings. The molecule has 1 aromatic carbocycles. The summed E-state index contributed by atoms with van der Waals surface area (Å²) in [5.74, 6) is 1.60. The molecule has 0 N–H and O–H groups in total. The molecule has 2 aromatic rings. The van der Waals surface area contributed by atoms with Crippen molar-refractivity contribution in [2.75, 3.05) is 0 Å². The van der Waals surface area contributed by atoms with Crippen molar-refractivity contribution in [3.8, 4) is 0 Å². The lowest BCUT2D eigenvalue weighted by molar-refractivity contribution is 0.439. The van der Waals surface area contributed by atoms with E-state index in [0.29, 0.717) is 18.2 Å². The maximum atomic E-state index is 5.81. The Hall–Kier alpha value is -1.35. The molecule has 0 saturated carbocycles. The Bertz CT molecular complexity index is 462. The van der Waals surface area contributed by atoms with Gasteiger partial charge >= 0.3 is 0 Å². The van der Waals surface area contributed by atoms with Gasteiger partial charge in [-0.15, -0.1) is 10.2 Å². The van der Waals surface area contributed by atoms with Gasteiger partial charge in [0.1, 0.15) is 0 Å². The fourth-order valence-corrected chi connectivity index (χ4v) is 1.47. The molecule has 0 saturated heterocycles. The number of hydrogen-bond acceptors (Lipinski definition) is 3. The van der Waals surface area contributed by atoms with Crippen LogP contribution in [0.1, 0.15) is 37.1 Å². The van der Waals surface area contributed by atoms with Gasteiger partial charge in [-0.05, 0) is 17.7 Å². The summed E-state index contributed by atoms with van der Waals surface area (Å²) in [6.45, 7) is 4.05. The summed E-state index contributed by atoms with van der Waals surface area (Å²) < 4.78 is 5.52. The summed E-state index contributed by atoms with van der Waals surface area (Å²) in [5.41, 5.74) is 1.11. The third kappa shape index (κ3) is 2.61. The molecular weight excluding hydrogens is 224 g/mol. The number of nitrogens with zero attached hydrogens (tertiary/aromatic N) is 2. The Labute approximate surface area is 99.5 Å². The number of benzene rings is 1. The van der Waals surface area contributed by atoms with Crippen molar-refractivity contribution >= 4 is 11.6 Å². The summed E-state index contributed by atoms with van der Waals surface area (Å²) in [6.07, 6.45) is 0.650. The van der Waals surface area contributed by atoms with Crippen molar-refractivity contribution in [3.63, 3.8) is 0 Å². The smallest absolute Gasteiger partial charge is 0.220 e. The Kier molecular flexibility index (Phi) is 3.25. The molecular formula is C12H13ClN2O. The van der Waals surface area contributed by atoms with Gasteiger partial charge < -0.3 is 4.42 Å². The van der Waals surface area contributed by atoms with E-state index in [4.69, 9.17) is 16.0 Å². The number of rotatable bonds is 3. The van der Waals surface area contributed by atoms with Gasteiger partial charge in [0.15, 0.2) is 0 Å². The van der Waals surface area contributed by atoms with E-state index in [-0.39, 0.29) is 5.92 Å². The minimum absolute atomic E-state index is 0.270. The van der Waals surface area contributed by atoms with Gasteiger partial charge in [0.25, 0.3) is 0 Å². The van der Waals surface area contributed by atoms with E-state index >= 15 is 0 Å². The normalized spacial score (nSPS) is 11.0. The number of aromatic nitrogens is 2. The van der Waals surface area contributed by atoms with Crippen LogP contribution >= 0.6 is 11.6 Å². The zero-order valence-electron chi connectivity index (χ0n) is 9.27. The van der Waals surface area contributed by atoms with Crippen molar-refractivity contribution in [2.45, 2.75) is 26.2 Å². The minimum Gasteiger partial charge on any atom is -0.425 e. The fraction of sp³-hybridized carbons (Fsp3) is 0.333. The van der Waals surface area contributed by atoms with Gasteiger partial charge in [0.05, 0.1) is 6.42 Å².